The molecule has 4 rings (SSSR count). The van der Waals surface area contributed by atoms with Crippen LogP contribution in [0.5, 0.6) is 0 Å². The Morgan fingerprint density at radius 1 is 1.31 bits per heavy atom. The van der Waals surface area contributed by atoms with E-state index in [9.17, 15) is 18.8 Å². The number of H-pyrrole nitrogens is 1. The molecule has 1 aromatic carbocycles. The maximum Gasteiger partial charge on any atom is 0.273 e. The van der Waals surface area contributed by atoms with E-state index in [-0.39, 0.29) is 46.5 Å². The molecule has 2 atom stereocenters. The monoisotopic (exact) mass is 454 g/mol. The fraction of sp³-hybridized carbons (Fsp3) is 0.217. The Balaban J connectivity index is 1.62. The zero-order valence-electron chi connectivity index (χ0n) is 17.1. The molecule has 2 amide bonds. The molecule has 2 aliphatic rings. The van der Waals surface area contributed by atoms with E-state index in [1.54, 1.807) is 24.3 Å². The number of nitrogens with zero attached hydrogens (tertiary/aromatic N) is 1. The highest BCUT2D eigenvalue weighted by molar-refractivity contribution is 6.33. The van der Waals surface area contributed by atoms with Crippen molar-refractivity contribution < 1.29 is 14.0 Å². The summed E-state index contributed by atoms with van der Waals surface area (Å²) in [5.41, 5.74) is 2.02. The first-order valence-corrected chi connectivity index (χ1v) is 10.4. The number of carbonyl (C=O) groups is 2. The van der Waals surface area contributed by atoms with Crippen molar-refractivity contribution in [2.75, 3.05) is 5.32 Å². The van der Waals surface area contributed by atoms with E-state index in [0.29, 0.717) is 23.2 Å². The van der Waals surface area contributed by atoms with Gasteiger partial charge in [0, 0.05) is 29.8 Å². The van der Waals surface area contributed by atoms with Crippen LogP contribution >= 0.6 is 11.6 Å². The Hall–Kier alpha value is -3.52. The average Bonchev–Trinajstić information content (AvgIpc) is 2.76. The zero-order valence-corrected chi connectivity index (χ0v) is 17.9. The Morgan fingerprint density at radius 3 is 2.84 bits per heavy atom. The summed E-state index contributed by atoms with van der Waals surface area (Å²) in [7, 11) is 0. The van der Waals surface area contributed by atoms with Gasteiger partial charge in [-0.3, -0.25) is 14.4 Å². The summed E-state index contributed by atoms with van der Waals surface area (Å²) in [5, 5.41) is 11.7. The maximum absolute atomic E-state index is 13.4. The van der Waals surface area contributed by atoms with Gasteiger partial charge < -0.3 is 10.6 Å². The third-order valence-electron chi connectivity index (χ3n) is 5.64. The number of aromatic nitrogens is 2. The van der Waals surface area contributed by atoms with Gasteiger partial charge in [-0.15, -0.1) is 0 Å². The molecule has 32 heavy (non-hydrogen) atoms. The number of aromatic amines is 1. The number of hydrogen-bond acceptors (Lipinski definition) is 4. The predicted octanol–water partition coefficient (Wildman–Crippen LogP) is 3.79. The van der Waals surface area contributed by atoms with Crippen LogP contribution in [-0.2, 0) is 9.59 Å². The first-order valence-electron chi connectivity index (χ1n) is 10.0. The molecule has 1 aromatic heterocycles. The smallest absolute Gasteiger partial charge is 0.273 e. The van der Waals surface area contributed by atoms with Crippen LogP contribution in [0.3, 0.4) is 0 Å². The quantitative estimate of drug-likeness (QED) is 0.653. The Bertz CT molecular complexity index is 1250. The lowest BCUT2D eigenvalue weighted by molar-refractivity contribution is -0.122. The molecule has 0 spiro atoms. The first-order chi connectivity index (χ1) is 15.3. The number of rotatable bonds is 4. The minimum absolute atomic E-state index is 0.130. The fourth-order valence-corrected chi connectivity index (χ4v) is 4.15. The lowest BCUT2D eigenvalue weighted by Crippen LogP contribution is -2.36. The molecule has 1 aliphatic carbocycles. The summed E-state index contributed by atoms with van der Waals surface area (Å²) in [6.07, 6.45) is 7.80. The van der Waals surface area contributed by atoms with Gasteiger partial charge in [-0.25, -0.2) is 9.49 Å². The molecule has 0 saturated carbocycles. The highest BCUT2D eigenvalue weighted by Gasteiger charge is 2.33. The van der Waals surface area contributed by atoms with Gasteiger partial charge >= 0.3 is 0 Å². The normalized spacial score (nSPS) is 20.3. The van der Waals surface area contributed by atoms with E-state index in [1.807, 2.05) is 6.92 Å². The largest absolute Gasteiger partial charge is 0.332 e. The minimum Gasteiger partial charge on any atom is -0.332 e. The summed E-state index contributed by atoms with van der Waals surface area (Å²) in [6.45, 7) is 1.82. The van der Waals surface area contributed by atoms with Crippen LogP contribution in [0.1, 0.15) is 18.4 Å². The molecule has 7 nitrogen and oxygen atoms in total. The van der Waals surface area contributed by atoms with Crippen LogP contribution in [-0.4, -0.2) is 22.0 Å². The van der Waals surface area contributed by atoms with Crippen LogP contribution in [0.2, 0.25) is 5.02 Å². The summed E-state index contributed by atoms with van der Waals surface area (Å²) in [6, 6.07) is 5.17. The summed E-state index contributed by atoms with van der Waals surface area (Å²) >= 11 is 6.16. The zero-order chi connectivity index (χ0) is 22.8. The number of amides is 2. The highest BCUT2D eigenvalue weighted by Crippen LogP contribution is 2.34. The van der Waals surface area contributed by atoms with E-state index in [4.69, 9.17) is 11.6 Å². The summed E-state index contributed by atoms with van der Waals surface area (Å²) in [4.78, 5) is 37.4. The SMILES string of the molecule is Cc1ccc(-c2c(Cl)cn[nH]c2=O)cc1NC(=O)C1=CNC(=O)C[C@H]1C1C=CC(F)=CC1. The van der Waals surface area contributed by atoms with Gasteiger partial charge in [-0.2, -0.15) is 5.10 Å². The van der Waals surface area contributed by atoms with Crippen molar-refractivity contribution in [3.05, 3.63) is 81.2 Å². The second-order valence-corrected chi connectivity index (χ2v) is 8.14. The van der Waals surface area contributed by atoms with E-state index >= 15 is 0 Å². The fourth-order valence-electron chi connectivity index (χ4n) is 3.91. The van der Waals surface area contributed by atoms with Gasteiger partial charge in [0.05, 0.1) is 16.8 Å². The number of benzene rings is 1. The van der Waals surface area contributed by atoms with Gasteiger partial charge in [0.2, 0.25) is 5.91 Å². The number of hydrogen-bond donors (Lipinski definition) is 3. The molecule has 0 saturated heterocycles. The third kappa shape index (κ3) is 4.40. The standard InChI is InChI=1S/C23H20ClFN4O3/c1-12-2-3-14(21-18(24)11-27-29-23(21)32)8-19(12)28-22(31)17-10-26-20(30)9-16(17)13-4-6-15(25)7-5-13/h2-4,6-8,10-11,13,16H,5,9H2,1H3,(H,26,30)(H,28,31)(H,29,32)/t13?,16-/m0/s1. The summed E-state index contributed by atoms with van der Waals surface area (Å²) in [5.74, 6) is -1.45. The van der Waals surface area contributed by atoms with Gasteiger partial charge in [0.1, 0.15) is 5.83 Å². The molecule has 2 heterocycles. The van der Waals surface area contributed by atoms with Crippen molar-refractivity contribution in [1.29, 1.82) is 0 Å². The Labute approximate surface area is 188 Å². The molecule has 0 radical (unpaired) electrons. The van der Waals surface area contributed by atoms with Crippen molar-refractivity contribution >= 4 is 29.1 Å². The van der Waals surface area contributed by atoms with Gasteiger partial charge in [0.15, 0.2) is 0 Å². The second kappa shape index (κ2) is 8.92. The minimum atomic E-state index is -0.444. The van der Waals surface area contributed by atoms with Crippen molar-refractivity contribution in [2.24, 2.45) is 11.8 Å². The molecule has 9 heteroatoms. The molecule has 0 bridgehead atoms. The average molecular weight is 455 g/mol. The van der Waals surface area contributed by atoms with E-state index in [1.165, 1.54) is 24.5 Å². The van der Waals surface area contributed by atoms with Crippen molar-refractivity contribution in [2.45, 2.75) is 19.8 Å². The number of allylic oxidation sites excluding steroid dienone is 4. The van der Waals surface area contributed by atoms with E-state index < -0.39 is 5.56 Å². The van der Waals surface area contributed by atoms with Crippen LogP contribution in [0.4, 0.5) is 10.1 Å². The van der Waals surface area contributed by atoms with Crippen LogP contribution in [0.15, 0.2) is 65.0 Å². The second-order valence-electron chi connectivity index (χ2n) is 7.73. The molecular weight excluding hydrogens is 435 g/mol. The van der Waals surface area contributed by atoms with E-state index in [2.05, 4.69) is 20.8 Å². The number of aryl methyl sites for hydroxylation is 1. The Kier molecular flexibility index (Phi) is 6.05. The molecular formula is C23H20ClFN4O3. The van der Waals surface area contributed by atoms with Gasteiger partial charge in [-0.05, 0) is 48.6 Å². The molecule has 2 aromatic rings. The Morgan fingerprint density at radius 2 is 2.12 bits per heavy atom. The molecule has 0 fully saturated rings. The van der Waals surface area contributed by atoms with Crippen LogP contribution < -0.4 is 16.2 Å². The molecule has 164 valence electrons. The first kappa shape index (κ1) is 21.7. The van der Waals surface area contributed by atoms with Gasteiger partial charge in [-0.1, -0.05) is 29.8 Å². The van der Waals surface area contributed by atoms with Crippen molar-refractivity contribution in [1.82, 2.24) is 15.5 Å². The van der Waals surface area contributed by atoms with Crippen LogP contribution in [0.25, 0.3) is 11.1 Å². The lowest BCUT2D eigenvalue weighted by Gasteiger charge is -2.29. The van der Waals surface area contributed by atoms with Crippen molar-refractivity contribution in [3.63, 3.8) is 0 Å². The topological polar surface area (TPSA) is 104 Å². The number of halogens is 2. The number of carbonyl (C=O) groups excluding carboxylic acids is 2. The maximum atomic E-state index is 13.4. The van der Waals surface area contributed by atoms with Crippen LogP contribution in [0, 0.1) is 18.8 Å². The lowest BCUT2D eigenvalue weighted by atomic mass is 9.78. The molecule has 1 unspecified atom stereocenters. The highest BCUT2D eigenvalue weighted by atomic mass is 35.5. The summed E-state index contributed by atoms with van der Waals surface area (Å²) < 4.78 is 13.4. The molecule has 1 aliphatic heterocycles. The predicted molar refractivity (Wildman–Crippen MR) is 119 cm³/mol. The van der Waals surface area contributed by atoms with Gasteiger partial charge in [0.25, 0.3) is 11.5 Å². The number of anilines is 1. The number of nitrogens with one attached hydrogen (secondary N) is 3. The molecule has 3 N–H and O–H groups in total. The van der Waals surface area contributed by atoms with E-state index in [0.717, 1.165) is 5.56 Å². The third-order valence-corrected chi connectivity index (χ3v) is 5.93. The van der Waals surface area contributed by atoms with Crippen molar-refractivity contribution in [3.8, 4) is 11.1 Å².